The minimum Gasteiger partial charge on any atom is -0.493 e. The summed E-state index contributed by atoms with van der Waals surface area (Å²) in [4.78, 5) is 32.9. The number of hydrogen-bond acceptors (Lipinski definition) is 9. The molecule has 2 atom stereocenters. The van der Waals surface area contributed by atoms with E-state index in [0.717, 1.165) is 50.1 Å². The van der Waals surface area contributed by atoms with Gasteiger partial charge in [-0.1, -0.05) is 48.5 Å². The van der Waals surface area contributed by atoms with Crippen LogP contribution in [-0.4, -0.2) is 76.0 Å². The largest absolute Gasteiger partial charge is 0.493 e. The Labute approximate surface area is 261 Å². The predicted molar refractivity (Wildman–Crippen MR) is 176 cm³/mol. The first-order valence-electron chi connectivity index (χ1n) is 14.5. The Morgan fingerprint density at radius 1 is 0.953 bits per heavy atom. The first-order chi connectivity index (χ1) is 20.9. The summed E-state index contributed by atoms with van der Waals surface area (Å²) in [6.07, 6.45) is 2.19. The standard InChI is InChI=1S/C33H42N4O4.H3NS/c1-24(25-10-6-5-7-11-25)36-18-20-37(21-19-36)29-13-8-12-27(23-38)32(29)33(39)35(2)28(14-9-17-34)26-15-16-30(40-3)31(22-26)41-4;1-2/h5-8,10-13,15-16,22-24,28H,9,14,17-21,34H2,1-4H3;2H,1H2/t24-,28-;/m1./s1. The lowest BCUT2D eigenvalue weighted by Gasteiger charge is -2.40. The van der Waals surface area contributed by atoms with Crippen molar-refractivity contribution in [1.82, 2.24) is 9.80 Å². The molecule has 0 aliphatic carbocycles. The number of aldehydes is 1. The Balaban J connectivity index is 0.00000248. The van der Waals surface area contributed by atoms with Crippen LogP contribution in [0.2, 0.25) is 0 Å². The molecule has 0 radical (unpaired) electrons. The van der Waals surface area contributed by atoms with Crippen LogP contribution in [0.15, 0.2) is 66.7 Å². The molecule has 1 aliphatic rings. The molecule has 4 N–H and O–H groups in total. The third kappa shape index (κ3) is 8.08. The number of piperazine rings is 1. The summed E-state index contributed by atoms with van der Waals surface area (Å²) in [5.74, 6) is 1.02. The molecule has 0 unspecified atom stereocenters. The third-order valence-corrected chi connectivity index (χ3v) is 8.16. The van der Waals surface area contributed by atoms with Crippen molar-refractivity contribution in [3.63, 3.8) is 0 Å². The highest BCUT2D eigenvalue weighted by atomic mass is 32.1. The van der Waals surface area contributed by atoms with Gasteiger partial charge in [0, 0.05) is 44.8 Å². The number of carbonyl (C=O) groups excluding carboxylic acids is 2. The smallest absolute Gasteiger partial charge is 0.256 e. The number of rotatable bonds is 12. The van der Waals surface area contributed by atoms with Crippen molar-refractivity contribution in [1.29, 1.82) is 0 Å². The summed E-state index contributed by atoms with van der Waals surface area (Å²) < 4.78 is 11.0. The number of nitrogens with two attached hydrogens (primary N) is 2. The average Bonchev–Trinajstić information content (AvgIpc) is 3.08. The molecule has 4 rings (SSSR count). The van der Waals surface area contributed by atoms with Crippen molar-refractivity contribution in [2.75, 3.05) is 58.9 Å². The minimum absolute atomic E-state index is 0.195. The second-order valence-electron chi connectivity index (χ2n) is 10.4. The fourth-order valence-electron chi connectivity index (χ4n) is 5.72. The van der Waals surface area contributed by atoms with E-state index in [1.807, 2.05) is 36.4 Å². The molecule has 3 aromatic carbocycles. The highest BCUT2D eigenvalue weighted by Gasteiger charge is 2.30. The maximum atomic E-state index is 14.2. The van der Waals surface area contributed by atoms with Gasteiger partial charge in [0.2, 0.25) is 0 Å². The fourth-order valence-corrected chi connectivity index (χ4v) is 5.72. The summed E-state index contributed by atoms with van der Waals surface area (Å²) in [6.45, 7) is 5.97. The Bertz CT molecular complexity index is 1320. The molecule has 1 amide bonds. The molecule has 232 valence electrons. The normalized spacial score (nSPS) is 14.6. The van der Waals surface area contributed by atoms with Crippen LogP contribution in [0.3, 0.4) is 0 Å². The molecule has 10 heteroatoms. The number of amides is 1. The van der Waals surface area contributed by atoms with Crippen molar-refractivity contribution < 1.29 is 19.1 Å². The van der Waals surface area contributed by atoms with Crippen molar-refractivity contribution in [3.8, 4) is 11.5 Å². The Morgan fingerprint density at radius 2 is 1.63 bits per heavy atom. The molecule has 43 heavy (non-hydrogen) atoms. The van der Waals surface area contributed by atoms with E-state index in [0.29, 0.717) is 41.6 Å². The summed E-state index contributed by atoms with van der Waals surface area (Å²) in [6, 6.07) is 21.8. The highest BCUT2D eigenvalue weighted by molar-refractivity contribution is 7.77. The van der Waals surface area contributed by atoms with Crippen LogP contribution in [0.4, 0.5) is 5.69 Å². The molecular formula is C33H45N5O4S. The van der Waals surface area contributed by atoms with E-state index in [4.69, 9.17) is 15.2 Å². The lowest BCUT2D eigenvalue weighted by molar-refractivity contribution is 0.0718. The maximum Gasteiger partial charge on any atom is 0.256 e. The van der Waals surface area contributed by atoms with Crippen LogP contribution in [0.5, 0.6) is 11.5 Å². The molecular weight excluding hydrogens is 562 g/mol. The molecule has 9 nitrogen and oxygen atoms in total. The van der Waals surface area contributed by atoms with Gasteiger partial charge in [0.15, 0.2) is 17.8 Å². The highest BCUT2D eigenvalue weighted by Crippen LogP contribution is 2.36. The summed E-state index contributed by atoms with van der Waals surface area (Å²) >= 11 is 3.03. The van der Waals surface area contributed by atoms with Gasteiger partial charge in [0.1, 0.15) is 0 Å². The van der Waals surface area contributed by atoms with Crippen LogP contribution < -0.4 is 25.2 Å². The lowest BCUT2D eigenvalue weighted by Crippen LogP contribution is -2.48. The lowest BCUT2D eigenvalue weighted by atomic mass is 9.97. The summed E-state index contributed by atoms with van der Waals surface area (Å²) in [5, 5.41) is 4.19. The Hall–Kier alpha value is -3.57. The van der Waals surface area contributed by atoms with Gasteiger partial charge in [-0.05, 0) is 55.6 Å². The van der Waals surface area contributed by atoms with Crippen molar-refractivity contribution in [2.45, 2.75) is 31.8 Å². The van der Waals surface area contributed by atoms with Gasteiger partial charge in [-0.15, -0.1) is 12.8 Å². The van der Waals surface area contributed by atoms with E-state index in [2.05, 4.69) is 58.9 Å². The number of thiol groups is 1. The van der Waals surface area contributed by atoms with Crippen LogP contribution in [-0.2, 0) is 0 Å². The molecule has 0 spiro atoms. The van der Waals surface area contributed by atoms with E-state index in [9.17, 15) is 9.59 Å². The second-order valence-corrected chi connectivity index (χ2v) is 10.4. The molecule has 0 saturated carbocycles. The van der Waals surface area contributed by atoms with Crippen molar-refractivity contribution in [3.05, 3.63) is 89.0 Å². The van der Waals surface area contributed by atoms with Crippen LogP contribution in [0.25, 0.3) is 0 Å². The molecule has 0 aromatic heterocycles. The van der Waals surface area contributed by atoms with Gasteiger partial charge in [0.25, 0.3) is 5.91 Å². The van der Waals surface area contributed by atoms with E-state index in [1.165, 1.54) is 5.56 Å². The van der Waals surface area contributed by atoms with E-state index in [-0.39, 0.29) is 11.9 Å². The first kappa shape index (κ1) is 33.9. The topological polar surface area (TPSA) is 114 Å². The van der Waals surface area contributed by atoms with E-state index in [1.54, 1.807) is 32.2 Å². The molecule has 0 bridgehead atoms. The van der Waals surface area contributed by atoms with Gasteiger partial charge in [-0.3, -0.25) is 19.6 Å². The second kappa shape index (κ2) is 16.9. The SMILES string of the molecule is COc1ccc([C@@H](CCCN)N(C)C(=O)c2c(C=O)cccc2N2CCN([C@H](C)c3ccccc3)CC2)cc1OC.NS. The molecule has 1 fully saturated rings. The van der Waals surface area contributed by atoms with Crippen molar-refractivity contribution in [2.24, 2.45) is 10.9 Å². The van der Waals surface area contributed by atoms with Gasteiger partial charge < -0.3 is 25.0 Å². The van der Waals surface area contributed by atoms with Gasteiger partial charge in [-0.2, -0.15) is 0 Å². The maximum absolute atomic E-state index is 14.2. The molecule has 1 aliphatic heterocycles. The molecule has 3 aromatic rings. The zero-order valence-electron chi connectivity index (χ0n) is 25.6. The van der Waals surface area contributed by atoms with E-state index < -0.39 is 0 Å². The Kier molecular flexibility index (Phi) is 13.3. The number of ether oxygens (including phenoxy) is 2. The zero-order valence-corrected chi connectivity index (χ0v) is 26.5. The minimum atomic E-state index is -0.262. The number of anilines is 1. The van der Waals surface area contributed by atoms with Gasteiger partial charge >= 0.3 is 0 Å². The van der Waals surface area contributed by atoms with Gasteiger partial charge in [0.05, 0.1) is 31.5 Å². The van der Waals surface area contributed by atoms with Gasteiger partial charge in [-0.25, -0.2) is 0 Å². The van der Waals surface area contributed by atoms with Crippen molar-refractivity contribution >= 4 is 30.7 Å². The monoisotopic (exact) mass is 607 g/mol. The van der Waals surface area contributed by atoms with Crippen LogP contribution in [0, 0.1) is 0 Å². The van der Waals surface area contributed by atoms with Crippen LogP contribution >= 0.6 is 12.8 Å². The molecule has 1 saturated heterocycles. The number of hydrogen-bond donors (Lipinski definition) is 3. The summed E-state index contributed by atoms with van der Waals surface area (Å²) in [5.41, 5.74) is 9.71. The quantitative estimate of drug-likeness (QED) is 0.200. The fraction of sp³-hybridized carbons (Fsp3) is 0.394. The first-order valence-corrected chi connectivity index (χ1v) is 15.0. The summed E-state index contributed by atoms with van der Waals surface area (Å²) in [7, 11) is 4.99. The predicted octanol–water partition coefficient (Wildman–Crippen LogP) is 4.74. The number of methoxy groups -OCH3 is 2. The molecule has 1 heterocycles. The number of nitrogens with zero attached hydrogens (tertiary/aromatic N) is 3. The zero-order chi connectivity index (χ0) is 31.4. The Morgan fingerprint density at radius 3 is 2.23 bits per heavy atom. The number of benzene rings is 3. The average molecular weight is 608 g/mol. The third-order valence-electron chi connectivity index (χ3n) is 8.16. The van der Waals surface area contributed by atoms with E-state index >= 15 is 0 Å². The van der Waals surface area contributed by atoms with Crippen LogP contribution in [0.1, 0.15) is 63.7 Å². The number of carbonyl (C=O) groups is 2.